The molecule has 0 radical (unpaired) electrons. The van der Waals surface area contributed by atoms with E-state index >= 15 is 0 Å². The van der Waals surface area contributed by atoms with E-state index in [-0.39, 0.29) is 5.91 Å². The van der Waals surface area contributed by atoms with Crippen LogP contribution in [0.1, 0.15) is 5.56 Å². The lowest BCUT2D eigenvalue weighted by atomic mass is 10.2. The van der Waals surface area contributed by atoms with Gasteiger partial charge in [-0.05, 0) is 17.7 Å². The topological polar surface area (TPSA) is 46.3 Å². The van der Waals surface area contributed by atoms with Crippen LogP contribution in [0.3, 0.4) is 0 Å². The van der Waals surface area contributed by atoms with Crippen LogP contribution in [-0.4, -0.2) is 28.6 Å². The smallest absolute Gasteiger partial charge is 0.257 e. The van der Waals surface area contributed by atoms with E-state index in [1.807, 2.05) is 61.6 Å². The summed E-state index contributed by atoms with van der Waals surface area (Å²) in [4.78, 5) is 18.2. The summed E-state index contributed by atoms with van der Waals surface area (Å²) in [5, 5.41) is 0.530. The zero-order valence-corrected chi connectivity index (χ0v) is 13.0. The fourth-order valence-electron chi connectivity index (χ4n) is 2.09. The Hall–Kier alpha value is -2.27. The quantitative estimate of drug-likeness (QED) is 0.676. The highest BCUT2D eigenvalue weighted by Gasteiger charge is 2.12. The lowest BCUT2D eigenvalue weighted by Crippen LogP contribution is -2.27. The van der Waals surface area contributed by atoms with Gasteiger partial charge in [0.1, 0.15) is 5.52 Å². The Labute approximate surface area is 133 Å². The molecule has 3 aromatic rings. The Bertz CT molecular complexity index is 737. The molecule has 112 valence electrons. The molecule has 0 aliphatic carbocycles. The zero-order valence-electron chi connectivity index (χ0n) is 12.2. The Kier molecular flexibility index (Phi) is 4.44. The van der Waals surface area contributed by atoms with Crippen molar-refractivity contribution in [3.63, 3.8) is 0 Å². The average molecular weight is 312 g/mol. The minimum atomic E-state index is 0.0520. The highest BCUT2D eigenvalue weighted by atomic mass is 32.2. The molecule has 0 aliphatic heterocycles. The maximum Gasteiger partial charge on any atom is 0.257 e. The van der Waals surface area contributed by atoms with Gasteiger partial charge in [0.05, 0.1) is 5.75 Å². The Balaban J connectivity index is 1.57. The lowest BCUT2D eigenvalue weighted by molar-refractivity contribution is -0.127. The maximum atomic E-state index is 12.2. The first-order chi connectivity index (χ1) is 10.7. The highest BCUT2D eigenvalue weighted by molar-refractivity contribution is 7.99. The molecule has 5 heteroatoms. The third-order valence-electron chi connectivity index (χ3n) is 3.28. The average Bonchev–Trinajstić information content (AvgIpc) is 2.96. The van der Waals surface area contributed by atoms with Crippen LogP contribution < -0.4 is 0 Å². The van der Waals surface area contributed by atoms with Crippen molar-refractivity contribution in [1.29, 1.82) is 0 Å². The minimum absolute atomic E-state index is 0.0520. The summed E-state index contributed by atoms with van der Waals surface area (Å²) >= 11 is 1.32. The van der Waals surface area contributed by atoms with Crippen LogP contribution in [0.25, 0.3) is 11.1 Å². The SMILES string of the molecule is CN(Cc1ccccc1)C(=O)CSc1nc2ccccc2o1. The first-order valence-corrected chi connectivity index (χ1v) is 7.97. The summed E-state index contributed by atoms with van der Waals surface area (Å²) in [6.45, 7) is 0.605. The summed E-state index contributed by atoms with van der Waals surface area (Å²) in [5.74, 6) is 0.368. The fourth-order valence-corrected chi connectivity index (χ4v) is 2.87. The Morgan fingerprint density at radius 2 is 1.86 bits per heavy atom. The van der Waals surface area contributed by atoms with Crippen LogP contribution in [-0.2, 0) is 11.3 Å². The Morgan fingerprint density at radius 1 is 1.14 bits per heavy atom. The van der Waals surface area contributed by atoms with Crippen LogP contribution in [0.2, 0.25) is 0 Å². The van der Waals surface area contributed by atoms with E-state index in [9.17, 15) is 4.79 Å². The third-order valence-corrected chi connectivity index (χ3v) is 4.09. The van der Waals surface area contributed by atoms with Gasteiger partial charge in [-0.1, -0.05) is 54.2 Å². The van der Waals surface area contributed by atoms with Gasteiger partial charge >= 0.3 is 0 Å². The van der Waals surface area contributed by atoms with E-state index in [1.165, 1.54) is 11.8 Å². The summed E-state index contributed by atoms with van der Waals surface area (Å²) in [7, 11) is 1.81. The second-order valence-electron chi connectivity index (χ2n) is 4.97. The van der Waals surface area contributed by atoms with Gasteiger partial charge in [0.25, 0.3) is 5.22 Å². The Morgan fingerprint density at radius 3 is 2.64 bits per heavy atom. The number of para-hydroxylation sites is 2. The summed E-state index contributed by atoms with van der Waals surface area (Å²) in [6.07, 6.45) is 0. The standard InChI is InChI=1S/C17H16N2O2S/c1-19(11-13-7-3-2-4-8-13)16(20)12-22-17-18-14-9-5-6-10-15(14)21-17/h2-10H,11-12H2,1H3. The number of benzene rings is 2. The largest absolute Gasteiger partial charge is 0.431 e. The number of hydrogen-bond acceptors (Lipinski definition) is 4. The molecule has 1 amide bonds. The second kappa shape index (κ2) is 6.66. The number of oxazole rings is 1. The minimum Gasteiger partial charge on any atom is -0.431 e. The molecule has 0 atom stereocenters. The molecule has 4 nitrogen and oxygen atoms in total. The lowest BCUT2D eigenvalue weighted by Gasteiger charge is -2.16. The predicted molar refractivity (Wildman–Crippen MR) is 87.6 cm³/mol. The monoisotopic (exact) mass is 312 g/mol. The van der Waals surface area contributed by atoms with Crippen molar-refractivity contribution in [3.8, 4) is 0 Å². The molecule has 0 unspecified atom stereocenters. The highest BCUT2D eigenvalue weighted by Crippen LogP contribution is 2.23. The number of thioether (sulfide) groups is 1. The molecule has 0 saturated carbocycles. The fraction of sp³-hybridized carbons (Fsp3) is 0.176. The van der Waals surface area contributed by atoms with E-state index in [0.717, 1.165) is 16.7 Å². The molecule has 0 bridgehead atoms. The van der Waals surface area contributed by atoms with Gasteiger partial charge in [0, 0.05) is 13.6 Å². The van der Waals surface area contributed by atoms with Crippen LogP contribution in [0.4, 0.5) is 0 Å². The van der Waals surface area contributed by atoms with Crippen molar-refractivity contribution in [1.82, 2.24) is 9.88 Å². The molecule has 3 rings (SSSR count). The molecule has 2 aromatic carbocycles. The molecule has 0 saturated heterocycles. The number of nitrogens with zero attached hydrogens (tertiary/aromatic N) is 2. The van der Waals surface area contributed by atoms with Crippen molar-refractivity contribution in [2.45, 2.75) is 11.8 Å². The van der Waals surface area contributed by atoms with Crippen molar-refractivity contribution in [2.75, 3.05) is 12.8 Å². The van der Waals surface area contributed by atoms with Crippen LogP contribution in [0.15, 0.2) is 64.2 Å². The summed E-state index contributed by atoms with van der Waals surface area (Å²) in [5.41, 5.74) is 2.68. The first-order valence-electron chi connectivity index (χ1n) is 6.98. The summed E-state index contributed by atoms with van der Waals surface area (Å²) < 4.78 is 5.60. The number of amides is 1. The van der Waals surface area contributed by atoms with Crippen LogP contribution in [0, 0.1) is 0 Å². The van der Waals surface area contributed by atoms with Crippen LogP contribution >= 0.6 is 11.8 Å². The van der Waals surface area contributed by atoms with E-state index in [0.29, 0.717) is 17.5 Å². The molecule has 0 N–H and O–H groups in total. The van der Waals surface area contributed by atoms with E-state index < -0.39 is 0 Å². The van der Waals surface area contributed by atoms with Gasteiger partial charge in [0.15, 0.2) is 5.58 Å². The van der Waals surface area contributed by atoms with Crippen molar-refractivity contribution < 1.29 is 9.21 Å². The maximum absolute atomic E-state index is 12.2. The van der Waals surface area contributed by atoms with Crippen molar-refractivity contribution in [2.24, 2.45) is 0 Å². The summed E-state index contributed by atoms with van der Waals surface area (Å²) in [6, 6.07) is 17.5. The molecule has 1 heterocycles. The number of carbonyl (C=O) groups excluding carboxylic acids is 1. The number of rotatable bonds is 5. The van der Waals surface area contributed by atoms with E-state index in [2.05, 4.69) is 4.98 Å². The number of carbonyl (C=O) groups is 1. The number of fused-ring (bicyclic) bond motifs is 1. The molecule has 0 fully saturated rings. The number of hydrogen-bond donors (Lipinski definition) is 0. The van der Waals surface area contributed by atoms with Gasteiger partial charge in [-0.15, -0.1) is 0 Å². The molecule has 0 spiro atoms. The van der Waals surface area contributed by atoms with Gasteiger partial charge in [-0.2, -0.15) is 0 Å². The number of aromatic nitrogens is 1. The third kappa shape index (κ3) is 3.49. The molecular weight excluding hydrogens is 296 g/mol. The van der Waals surface area contributed by atoms with Gasteiger partial charge in [-0.3, -0.25) is 4.79 Å². The van der Waals surface area contributed by atoms with E-state index in [4.69, 9.17) is 4.42 Å². The predicted octanol–water partition coefficient (Wildman–Crippen LogP) is 3.58. The van der Waals surface area contributed by atoms with Gasteiger partial charge < -0.3 is 9.32 Å². The second-order valence-corrected chi connectivity index (χ2v) is 5.90. The van der Waals surface area contributed by atoms with Gasteiger partial charge in [-0.25, -0.2) is 4.98 Å². The van der Waals surface area contributed by atoms with E-state index in [1.54, 1.807) is 4.90 Å². The van der Waals surface area contributed by atoms with Crippen LogP contribution in [0.5, 0.6) is 0 Å². The normalized spacial score (nSPS) is 10.8. The molecule has 1 aromatic heterocycles. The molecular formula is C17H16N2O2S. The zero-order chi connectivity index (χ0) is 15.4. The van der Waals surface area contributed by atoms with Crippen molar-refractivity contribution >= 4 is 28.8 Å². The van der Waals surface area contributed by atoms with Gasteiger partial charge in [0.2, 0.25) is 5.91 Å². The first kappa shape index (κ1) is 14.7. The molecule has 22 heavy (non-hydrogen) atoms. The molecule has 0 aliphatic rings. The van der Waals surface area contributed by atoms with Crippen molar-refractivity contribution in [3.05, 3.63) is 60.2 Å².